The monoisotopic (exact) mass is 364 g/mol. The second-order valence-corrected chi connectivity index (χ2v) is 8.26. The molecule has 0 radical (unpaired) electrons. The van der Waals surface area contributed by atoms with E-state index in [1.165, 1.54) is 5.56 Å². The summed E-state index contributed by atoms with van der Waals surface area (Å²) in [7, 11) is 0. The highest BCUT2D eigenvalue weighted by Crippen LogP contribution is 2.24. The first-order valence-corrected chi connectivity index (χ1v) is 9.57. The van der Waals surface area contributed by atoms with Gasteiger partial charge in [0, 0.05) is 24.2 Å². The smallest absolute Gasteiger partial charge is 0.251 e. The molecule has 0 bridgehead atoms. The normalized spacial score (nSPS) is 15.7. The van der Waals surface area contributed by atoms with Crippen molar-refractivity contribution in [3.63, 3.8) is 0 Å². The number of rotatable bonds is 4. The van der Waals surface area contributed by atoms with Crippen LogP contribution in [0.4, 0.5) is 5.69 Å². The molecule has 0 aliphatic carbocycles. The molecule has 1 atom stereocenters. The van der Waals surface area contributed by atoms with Crippen molar-refractivity contribution in [2.45, 2.75) is 52.0 Å². The lowest BCUT2D eigenvalue weighted by Crippen LogP contribution is -2.27. The molecule has 27 heavy (non-hydrogen) atoms. The van der Waals surface area contributed by atoms with Gasteiger partial charge in [-0.1, -0.05) is 45.0 Å². The van der Waals surface area contributed by atoms with Crippen LogP contribution >= 0.6 is 0 Å². The van der Waals surface area contributed by atoms with Crippen LogP contribution in [0.15, 0.2) is 48.5 Å². The third-order valence-corrected chi connectivity index (χ3v) is 5.14. The minimum absolute atomic E-state index is 0.0774. The second kappa shape index (κ2) is 7.55. The third-order valence-electron chi connectivity index (χ3n) is 5.14. The number of nitrogens with zero attached hydrogens (tertiary/aromatic N) is 1. The summed E-state index contributed by atoms with van der Waals surface area (Å²) in [6.45, 7) is 9.30. The molecular weight excluding hydrogens is 336 g/mol. The van der Waals surface area contributed by atoms with Crippen LogP contribution in [0.3, 0.4) is 0 Å². The topological polar surface area (TPSA) is 49.4 Å². The highest BCUT2D eigenvalue weighted by molar-refractivity contribution is 5.97. The van der Waals surface area contributed by atoms with E-state index in [0.717, 1.165) is 24.2 Å². The van der Waals surface area contributed by atoms with E-state index in [1.807, 2.05) is 19.1 Å². The number of carbonyl (C=O) groups is 2. The van der Waals surface area contributed by atoms with E-state index in [0.29, 0.717) is 12.0 Å². The third kappa shape index (κ3) is 4.38. The molecule has 1 saturated heterocycles. The first kappa shape index (κ1) is 19.2. The summed E-state index contributed by atoms with van der Waals surface area (Å²) in [4.78, 5) is 26.2. The molecule has 1 fully saturated rings. The summed E-state index contributed by atoms with van der Waals surface area (Å²) in [6.07, 6.45) is 1.50. The van der Waals surface area contributed by atoms with Gasteiger partial charge in [0.25, 0.3) is 5.91 Å². The SMILES string of the molecule is C[C@@H](NC(=O)c1ccc(N2CCCC2=O)cc1)c1ccc(C(C)(C)C)cc1. The molecule has 1 aliphatic rings. The van der Waals surface area contributed by atoms with Crippen LogP contribution < -0.4 is 10.2 Å². The second-order valence-electron chi connectivity index (χ2n) is 8.26. The Balaban J connectivity index is 1.65. The fourth-order valence-electron chi connectivity index (χ4n) is 3.35. The highest BCUT2D eigenvalue weighted by atomic mass is 16.2. The number of hydrogen-bond acceptors (Lipinski definition) is 2. The van der Waals surface area contributed by atoms with Gasteiger partial charge in [0.15, 0.2) is 0 Å². The zero-order valence-corrected chi connectivity index (χ0v) is 16.6. The van der Waals surface area contributed by atoms with Crippen LogP contribution in [0.5, 0.6) is 0 Å². The van der Waals surface area contributed by atoms with E-state index in [-0.39, 0.29) is 23.3 Å². The largest absolute Gasteiger partial charge is 0.346 e. The molecule has 0 unspecified atom stereocenters. The molecule has 4 heteroatoms. The molecule has 0 saturated carbocycles. The Morgan fingerprint density at radius 2 is 1.67 bits per heavy atom. The molecule has 3 rings (SSSR count). The molecule has 1 N–H and O–H groups in total. The van der Waals surface area contributed by atoms with Crippen LogP contribution in [-0.4, -0.2) is 18.4 Å². The maximum atomic E-state index is 12.6. The van der Waals surface area contributed by atoms with Crippen molar-refractivity contribution in [1.82, 2.24) is 5.32 Å². The van der Waals surface area contributed by atoms with Crippen LogP contribution in [-0.2, 0) is 10.2 Å². The predicted molar refractivity (Wildman–Crippen MR) is 109 cm³/mol. The van der Waals surface area contributed by atoms with Crippen LogP contribution in [0.2, 0.25) is 0 Å². The maximum Gasteiger partial charge on any atom is 0.251 e. The lowest BCUT2D eigenvalue weighted by molar-refractivity contribution is -0.117. The Bertz CT molecular complexity index is 817. The number of carbonyl (C=O) groups excluding carboxylic acids is 2. The fourth-order valence-corrected chi connectivity index (χ4v) is 3.35. The van der Waals surface area contributed by atoms with E-state index in [9.17, 15) is 9.59 Å². The number of hydrogen-bond donors (Lipinski definition) is 1. The minimum atomic E-state index is -0.110. The van der Waals surface area contributed by atoms with Gasteiger partial charge >= 0.3 is 0 Å². The van der Waals surface area contributed by atoms with E-state index in [2.05, 4.69) is 50.4 Å². The standard InChI is InChI=1S/C23H28N2O2/c1-16(17-7-11-19(12-8-17)23(2,3)4)24-22(27)18-9-13-20(14-10-18)25-15-5-6-21(25)26/h7-14,16H,5-6,15H2,1-4H3,(H,24,27)/t16-/m1/s1. The molecular formula is C23H28N2O2. The molecule has 0 aromatic heterocycles. The zero-order chi connectivity index (χ0) is 19.6. The van der Waals surface area contributed by atoms with Crippen LogP contribution in [0.1, 0.15) is 68.1 Å². The van der Waals surface area contributed by atoms with Crippen molar-refractivity contribution in [1.29, 1.82) is 0 Å². The average molecular weight is 364 g/mol. The average Bonchev–Trinajstić information content (AvgIpc) is 3.07. The van der Waals surface area contributed by atoms with Crippen molar-refractivity contribution in [2.75, 3.05) is 11.4 Å². The summed E-state index contributed by atoms with van der Waals surface area (Å²) in [5.41, 5.74) is 3.93. The number of nitrogens with one attached hydrogen (secondary N) is 1. The minimum Gasteiger partial charge on any atom is -0.346 e. The Hall–Kier alpha value is -2.62. The van der Waals surface area contributed by atoms with Gasteiger partial charge in [-0.05, 0) is 54.2 Å². The Morgan fingerprint density at radius 1 is 1.04 bits per heavy atom. The zero-order valence-electron chi connectivity index (χ0n) is 16.6. The van der Waals surface area contributed by atoms with Gasteiger partial charge in [0.2, 0.25) is 5.91 Å². The Labute approximate surface area is 161 Å². The Morgan fingerprint density at radius 3 is 2.19 bits per heavy atom. The summed E-state index contributed by atoms with van der Waals surface area (Å²) < 4.78 is 0. The van der Waals surface area contributed by atoms with Gasteiger partial charge in [-0.3, -0.25) is 9.59 Å². The highest BCUT2D eigenvalue weighted by Gasteiger charge is 2.22. The van der Waals surface area contributed by atoms with Crippen molar-refractivity contribution in [3.05, 3.63) is 65.2 Å². The van der Waals surface area contributed by atoms with E-state index < -0.39 is 0 Å². The molecule has 2 aromatic rings. The van der Waals surface area contributed by atoms with Crippen LogP contribution in [0, 0.1) is 0 Å². The van der Waals surface area contributed by atoms with Gasteiger partial charge in [0.05, 0.1) is 6.04 Å². The molecule has 2 aromatic carbocycles. The molecule has 4 nitrogen and oxygen atoms in total. The van der Waals surface area contributed by atoms with Gasteiger partial charge in [-0.15, -0.1) is 0 Å². The van der Waals surface area contributed by atoms with Crippen molar-refractivity contribution in [2.24, 2.45) is 0 Å². The molecule has 0 spiro atoms. The van der Waals surface area contributed by atoms with Crippen LogP contribution in [0.25, 0.3) is 0 Å². The Kier molecular flexibility index (Phi) is 5.36. The summed E-state index contributed by atoms with van der Waals surface area (Å²) in [6, 6.07) is 15.6. The fraction of sp³-hybridized carbons (Fsp3) is 0.391. The van der Waals surface area contributed by atoms with Gasteiger partial charge in [0.1, 0.15) is 0 Å². The summed E-state index contributed by atoms with van der Waals surface area (Å²) >= 11 is 0. The first-order valence-electron chi connectivity index (χ1n) is 9.57. The maximum absolute atomic E-state index is 12.6. The van der Waals surface area contributed by atoms with Crippen molar-refractivity contribution < 1.29 is 9.59 Å². The molecule has 142 valence electrons. The lowest BCUT2D eigenvalue weighted by Gasteiger charge is -2.21. The van der Waals surface area contributed by atoms with Crippen molar-refractivity contribution in [3.8, 4) is 0 Å². The van der Waals surface area contributed by atoms with Crippen molar-refractivity contribution >= 4 is 17.5 Å². The van der Waals surface area contributed by atoms with E-state index in [4.69, 9.17) is 0 Å². The van der Waals surface area contributed by atoms with E-state index >= 15 is 0 Å². The quantitative estimate of drug-likeness (QED) is 0.862. The van der Waals surface area contributed by atoms with Gasteiger partial charge in [-0.2, -0.15) is 0 Å². The number of amides is 2. The molecule has 1 heterocycles. The van der Waals surface area contributed by atoms with E-state index in [1.54, 1.807) is 17.0 Å². The predicted octanol–water partition coefficient (Wildman–Crippen LogP) is 4.60. The number of anilines is 1. The summed E-state index contributed by atoms with van der Waals surface area (Å²) in [5, 5.41) is 3.05. The van der Waals surface area contributed by atoms with Gasteiger partial charge < -0.3 is 10.2 Å². The summed E-state index contributed by atoms with van der Waals surface area (Å²) in [5.74, 6) is 0.0428. The van der Waals surface area contributed by atoms with Gasteiger partial charge in [-0.25, -0.2) is 0 Å². The molecule has 1 aliphatic heterocycles. The molecule has 2 amide bonds. The first-order chi connectivity index (χ1) is 12.8. The number of benzene rings is 2. The lowest BCUT2D eigenvalue weighted by atomic mass is 9.86.